The molecular weight excluding hydrogens is 270 g/mol. The van der Waals surface area contributed by atoms with Gasteiger partial charge in [0.1, 0.15) is 24.5 Å². The molecule has 3 rings (SSSR count). The molecule has 20 heavy (non-hydrogen) atoms. The van der Waals surface area contributed by atoms with Crippen molar-refractivity contribution in [3.8, 4) is 0 Å². The van der Waals surface area contributed by atoms with Gasteiger partial charge < -0.3 is 19.3 Å². The SMILES string of the molecule is CC1(C)OC2C(CO)O[C@@H](n3ncc(=O)[nH]c3=O)C2O1. The molecule has 2 saturated heterocycles. The first-order valence-electron chi connectivity index (χ1n) is 6.21. The molecule has 3 heterocycles. The standard InChI is InChI=1S/C11H15N3O6/c1-11(2)19-7-5(4-15)18-9(8(7)20-11)14-10(17)13-6(16)3-12-14/h3,5,7-9,15H,4H2,1-2H3,(H,13,16,17)/t5?,7?,8?,9-/m1/s1. The van der Waals surface area contributed by atoms with Gasteiger partial charge in [-0.3, -0.25) is 9.78 Å². The lowest BCUT2D eigenvalue weighted by Crippen LogP contribution is -2.39. The van der Waals surface area contributed by atoms with Gasteiger partial charge in [-0.15, -0.1) is 0 Å². The number of H-pyrrole nitrogens is 1. The van der Waals surface area contributed by atoms with Gasteiger partial charge in [0, 0.05) is 0 Å². The lowest BCUT2D eigenvalue weighted by Gasteiger charge is -2.23. The van der Waals surface area contributed by atoms with Crippen LogP contribution in [0.5, 0.6) is 0 Å². The normalized spacial score (nSPS) is 35.1. The third kappa shape index (κ3) is 2.08. The number of fused-ring (bicyclic) bond motifs is 1. The predicted octanol–water partition coefficient (Wildman–Crippen LogP) is -1.66. The molecule has 2 fully saturated rings. The van der Waals surface area contributed by atoms with Crippen LogP contribution in [0.2, 0.25) is 0 Å². The Labute approximate surface area is 113 Å². The molecule has 3 unspecified atom stereocenters. The van der Waals surface area contributed by atoms with Gasteiger partial charge in [0.15, 0.2) is 12.0 Å². The van der Waals surface area contributed by atoms with Crippen molar-refractivity contribution < 1.29 is 19.3 Å². The van der Waals surface area contributed by atoms with E-state index in [2.05, 4.69) is 10.1 Å². The number of hydrogen-bond donors (Lipinski definition) is 2. The summed E-state index contributed by atoms with van der Waals surface area (Å²) in [5, 5.41) is 13.1. The lowest BCUT2D eigenvalue weighted by molar-refractivity contribution is -0.202. The molecule has 2 aliphatic heterocycles. The van der Waals surface area contributed by atoms with Crippen LogP contribution in [0.3, 0.4) is 0 Å². The maximum Gasteiger partial charge on any atom is 0.347 e. The quantitative estimate of drug-likeness (QED) is 0.668. The van der Waals surface area contributed by atoms with Crippen molar-refractivity contribution >= 4 is 0 Å². The summed E-state index contributed by atoms with van der Waals surface area (Å²) in [6.45, 7) is 3.20. The number of rotatable bonds is 2. The summed E-state index contributed by atoms with van der Waals surface area (Å²) in [5.41, 5.74) is -1.29. The van der Waals surface area contributed by atoms with Crippen molar-refractivity contribution in [3.63, 3.8) is 0 Å². The Hall–Kier alpha value is -1.55. The van der Waals surface area contributed by atoms with Gasteiger partial charge in [-0.2, -0.15) is 9.78 Å². The predicted molar refractivity (Wildman–Crippen MR) is 63.9 cm³/mol. The zero-order valence-electron chi connectivity index (χ0n) is 11.0. The summed E-state index contributed by atoms with van der Waals surface area (Å²) < 4.78 is 17.9. The summed E-state index contributed by atoms with van der Waals surface area (Å²) >= 11 is 0. The fourth-order valence-electron chi connectivity index (χ4n) is 2.55. The summed E-state index contributed by atoms with van der Waals surface area (Å²) in [7, 11) is 0. The van der Waals surface area contributed by atoms with Crippen LogP contribution in [-0.2, 0) is 14.2 Å². The van der Waals surface area contributed by atoms with E-state index in [0.717, 1.165) is 10.9 Å². The van der Waals surface area contributed by atoms with Crippen LogP contribution in [0.25, 0.3) is 0 Å². The van der Waals surface area contributed by atoms with Gasteiger partial charge >= 0.3 is 5.69 Å². The highest BCUT2D eigenvalue weighted by atomic mass is 16.8. The van der Waals surface area contributed by atoms with Gasteiger partial charge in [-0.05, 0) is 13.8 Å². The van der Waals surface area contributed by atoms with Gasteiger partial charge in [-0.1, -0.05) is 0 Å². The number of aromatic amines is 1. The van der Waals surface area contributed by atoms with E-state index in [4.69, 9.17) is 14.2 Å². The molecule has 1 aromatic rings. The Bertz CT molecular complexity index is 623. The van der Waals surface area contributed by atoms with E-state index < -0.39 is 41.6 Å². The van der Waals surface area contributed by atoms with Gasteiger partial charge in [-0.25, -0.2) is 4.79 Å². The first-order valence-corrected chi connectivity index (χ1v) is 6.21. The molecule has 9 heteroatoms. The fraction of sp³-hybridized carbons (Fsp3) is 0.727. The average molecular weight is 285 g/mol. The molecular formula is C11H15N3O6. The van der Waals surface area contributed by atoms with Crippen molar-refractivity contribution in [3.05, 3.63) is 27.0 Å². The lowest BCUT2D eigenvalue weighted by atomic mass is 10.1. The van der Waals surface area contributed by atoms with Crippen molar-refractivity contribution in [1.82, 2.24) is 14.8 Å². The van der Waals surface area contributed by atoms with E-state index in [1.807, 2.05) is 0 Å². The largest absolute Gasteiger partial charge is 0.394 e. The van der Waals surface area contributed by atoms with Crippen LogP contribution >= 0.6 is 0 Å². The number of aromatic nitrogens is 3. The second-order valence-corrected chi connectivity index (χ2v) is 5.20. The summed E-state index contributed by atoms with van der Waals surface area (Å²) in [5.74, 6) is -0.837. The number of hydrogen-bond acceptors (Lipinski definition) is 7. The summed E-state index contributed by atoms with van der Waals surface area (Å²) in [6.07, 6.45) is -1.58. The van der Waals surface area contributed by atoms with E-state index in [9.17, 15) is 14.7 Å². The van der Waals surface area contributed by atoms with Crippen molar-refractivity contribution in [2.45, 2.75) is 44.2 Å². The first-order chi connectivity index (χ1) is 9.41. The van der Waals surface area contributed by atoms with Crippen LogP contribution in [0.15, 0.2) is 15.8 Å². The number of aliphatic hydroxyl groups excluding tert-OH is 1. The van der Waals surface area contributed by atoms with Crippen molar-refractivity contribution in [1.29, 1.82) is 0 Å². The minimum atomic E-state index is -0.858. The number of nitrogens with zero attached hydrogens (tertiary/aromatic N) is 2. The van der Waals surface area contributed by atoms with Crippen LogP contribution < -0.4 is 11.2 Å². The summed E-state index contributed by atoms with van der Waals surface area (Å²) in [4.78, 5) is 24.9. The van der Waals surface area contributed by atoms with E-state index >= 15 is 0 Å². The van der Waals surface area contributed by atoms with Gasteiger partial charge in [0.2, 0.25) is 0 Å². The fourth-order valence-corrected chi connectivity index (χ4v) is 2.55. The highest BCUT2D eigenvalue weighted by molar-refractivity contribution is 4.96. The molecule has 9 nitrogen and oxygen atoms in total. The number of ether oxygens (including phenoxy) is 3. The van der Waals surface area contributed by atoms with Crippen LogP contribution in [0.1, 0.15) is 20.1 Å². The van der Waals surface area contributed by atoms with E-state index in [1.165, 1.54) is 0 Å². The smallest absolute Gasteiger partial charge is 0.347 e. The Kier molecular flexibility index (Phi) is 3.01. The topological polar surface area (TPSA) is 116 Å². The Morgan fingerprint density at radius 1 is 1.40 bits per heavy atom. The molecule has 1 aromatic heterocycles. The second kappa shape index (κ2) is 4.48. The zero-order chi connectivity index (χ0) is 14.5. The maximum absolute atomic E-state index is 11.8. The van der Waals surface area contributed by atoms with Crippen molar-refractivity contribution in [2.24, 2.45) is 0 Å². The van der Waals surface area contributed by atoms with Crippen LogP contribution in [0, 0.1) is 0 Å². The Morgan fingerprint density at radius 2 is 2.10 bits per heavy atom. The van der Waals surface area contributed by atoms with E-state index in [-0.39, 0.29) is 6.61 Å². The molecule has 0 aromatic carbocycles. The Morgan fingerprint density at radius 3 is 2.75 bits per heavy atom. The highest BCUT2D eigenvalue weighted by Crippen LogP contribution is 2.41. The van der Waals surface area contributed by atoms with Crippen LogP contribution in [-0.4, -0.2) is 50.6 Å². The summed E-state index contributed by atoms with van der Waals surface area (Å²) in [6, 6.07) is 0. The van der Waals surface area contributed by atoms with E-state index in [1.54, 1.807) is 13.8 Å². The minimum absolute atomic E-state index is 0.269. The zero-order valence-corrected chi connectivity index (χ0v) is 11.0. The minimum Gasteiger partial charge on any atom is -0.394 e. The second-order valence-electron chi connectivity index (χ2n) is 5.20. The molecule has 0 saturated carbocycles. The molecule has 0 bridgehead atoms. The van der Waals surface area contributed by atoms with Crippen molar-refractivity contribution in [2.75, 3.05) is 6.61 Å². The molecule has 2 N–H and O–H groups in total. The highest BCUT2D eigenvalue weighted by Gasteiger charge is 2.56. The third-order valence-electron chi connectivity index (χ3n) is 3.28. The van der Waals surface area contributed by atoms with Gasteiger partial charge in [0.05, 0.1) is 6.61 Å². The molecule has 0 aliphatic carbocycles. The maximum atomic E-state index is 11.8. The molecule has 4 atom stereocenters. The van der Waals surface area contributed by atoms with E-state index in [0.29, 0.717) is 0 Å². The average Bonchev–Trinajstić information content (AvgIpc) is 2.83. The Balaban J connectivity index is 1.98. The number of aliphatic hydroxyl groups is 1. The number of nitrogens with one attached hydrogen (secondary N) is 1. The monoisotopic (exact) mass is 285 g/mol. The molecule has 0 amide bonds. The molecule has 0 spiro atoms. The molecule has 0 radical (unpaired) electrons. The molecule has 2 aliphatic rings. The third-order valence-corrected chi connectivity index (χ3v) is 3.28. The molecule has 110 valence electrons. The van der Waals surface area contributed by atoms with Gasteiger partial charge in [0.25, 0.3) is 5.56 Å². The first kappa shape index (κ1) is 13.4. The van der Waals surface area contributed by atoms with Crippen LogP contribution in [0.4, 0.5) is 0 Å².